The van der Waals surface area contributed by atoms with Gasteiger partial charge in [-0.1, -0.05) is 125 Å². The number of amides is 2. The summed E-state index contributed by atoms with van der Waals surface area (Å²) in [6, 6.07) is 20.1. The van der Waals surface area contributed by atoms with Crippen LogP contribution in [0.5, 0.6) is 11.5 Å². The van der Waals surface area contributed by atoms with Crippen molar-refractivity contribution in [3.8, 4) is 11.5 Å². The molecule has 1 aliphatic heterocycles. The van der Waals surface area contributed by atoms with Crippen molar-refractivity contribution in [1.29, 1.82) is 0 Å². The van der Waals surface area contributed by atoms with Gasteiger partial charge in [0.15, 0.2) is 0 Å². The lowest BCUT2D eigenvalue weighted by atomic mass is 9.55. The second-order valence-corrected chi connectivity index (χ2v) is 19.1. The van der Waals surface area contributed by atoms with Crippen LogP contribution in [-0.4, -0.2) is 83.2 Å². The summed E-state index contributed by atoms with van der Waals surface area (Å²) in [6.07, 6.45) is 19.0. The summed E-state index contributed by atoms with van der Waals surface area (Å²) in [6.45, 7) is 6.96. The van der Waals surface area contributed by atoms with Crippen LogP contribution in [0.1, 0.15) is 139 Å². The van der Waals surface area contributed by atoms with E-state index in [9.17, 15) is 29.9 Å². The highest BCUT2D eigenvalue weighted by molar-refractivity contribution is 6.03. The summed E-state index contributed by atoms with van der Waals surface area (Å²) in [5.74, 6) is -1.69. The SMILES string of the molecule is C=CCO[C@@]12Oc3ccc(OC(=O)NCCCCCCCCCCCC)cc3[C@H]3[C@H](CCCCO)[C@@H](CCCCO)C=C(C(=NOCc4ccc([N+](=O)[O-])cc4)C[C@@H]1N(C)C(=O)OCc1ccccc1)[C@H]32. The highest BCUT2D eigenvalue weighted by Gasteiger charge is 2.65. The number of oxime groups is 1. The zero-order chi connectivity index (χ0) is 50.4. The van der Waals surface area contributed by atoms with Crippen LogP contribution in [-0.2, 0) is 27.5 Å². The van der Waals surface area contributed by atoms with Gasteiger partial charge < -0.3 is 44.2 Å². The number of aliphatic hydroxyl groups excluding tert-OH is 2. The molecule has 3 aliphatic rings. The van der Waals surface area contributed by atoms with E-state index in [0.29, 0.717) is 42.2 Å². The summed E-state index contributed by atoms with van der Waals surface area (Å²) >= 11 is 0. The first kappa shape index (κ1) is 54.6. The van der Waals surface area contributed by atoms with Crippen LogP contribution in [0.4, 0.5) is 15.3 Å². The van der Waals surface area contributed by atoms with Gasteiger partial charge in [0.25, 0.3) is 5.69 Å². The van der Waals surface area contributed by atoms with Gasteiger partial charge in [-0.05, 0) is 91.0 Å². The van der Waals surface area contributed by atoms with E-state index >= 15 is 0 Å². The number of non-ortho nitro benzene ring substituents is 1. The molecule has 3 aromatic rings. The molecule has 1 fully saturated rings. The first-order valence-electron chi connectivity index (χ1n) is 26.0. The summed E-state index contributed by atoms with van der Waals surface area (Å²) in [5.41, 5.74) is 3.65. The van der Waals surface area contributed by atoms with Gasteiger partial charge in [-0.25, -0.2) is 9.59 Å². The molecule has 15 nitrogen and oxygen atoms in total. The average Bonchev–Trinajstić information content (AvgIpc) is 3.38. The maximum atomic E-state index is 14.3. The number of nitrogens with one attached hydrogen (secondary N) is 1. The molecule has 1 saturated carbocycles. The van der Waals surface area contributed by atoms with Crippen LogP contribution in [0.2, 0.25) is 0 Å². The van der Waals surface area contributed by atoms with E-state index in [2.05, 4.69) is 24.9 Å². The minimum atomic E-state index is -1.52. The maximum Gasteiger partial charge on any atom is 0.412 e. The van der Waals surface area contributed by atoms with Crippen molar-refractivity contribution >= 4 is 23.6 Å². The number of benzene rings is 3. The van der Waals surface area contributed by atoms with Gasteiger partial charge in [-0.3, -0.25) is 10.1 Å². The lowest BCUT2D eigenvalue weighted by molar-refractivity contribution is -0.384. The number of likely N-dealkylation sites (N-methyl/N-ethyl adjacent to an activating group) is 1. The number of nitro groups is 1. The number of nitrogens with zero attached hydrogens (tertiary/aromatic N) is 3. The number of nitro benzene ring substituents is 1. The molecule has 15 heteroatoms. The Labute approximate surface area is 419 Å². The second kappa shape index (κ2) is 28.3. The van der Waals surface area contributed by atoms with Gasteiger partial charge in [-0.2, -0.15) is 0 Å². The topological polar surface area (TPSA) is 192 Å². The second-order valence-electron chi connectivity index (χ2n) is 19.1. The summed E-state index contributed by atoms with van der Waals surface area (Å²) < 4.78 is 26.1. The van der Waals surface area contributed by atoms with Crippen LogP contribution >= 0.6 is 0 Å². The molecule has 386 valence electrons. The lowest BCUT2D eigenvalue weighted by Gasteiger charge is -2.59. The molecule has 0 spiro atoms. The van der Waals surface area contributed by atoms with E-state index in [-0.39, 0.29) is 62.9 Å². The molecule has 6 atom stereocenters. The number of allylic oxidation sites excluding steroid dienone is 1. The molecule has 6 rings (SSSR count). The Balaban J connectivity index is 1.36. The smallest absolute Gasteiger partial charge is 0.412 e. The third-order valence-corrected chi connectivity index (χ3v) is 14.2. The van der Waals surface area contributed by atoms with Crippen molar-refractivity contribution in [2.75, 3.05) is 33.4 Å². The molecule has 0 unspecified atom stereocenters. The summed E-state index contributed by atoms with van der Waals surface area (Å²) in [7, 11) is 1.67. The Bertz CT molecular complexity index is 2220. The van der Waals surface area contributed by atoms with Gasteiger partial charge in [0.1, 0.15) is 30.8 Å². The van der Waals surface area contributed by atoms with Crippen LogP contribution < -0.4 is 14.8 Å². The Kier molecular flexibility index (Phi) is 21.8. The Morgan fingerprint density at radius 3 is 2.24 bits per heavy atom. The summed E-state index contributed by atoms with van der Waals surface area (Å²) in [5, 5.41) is 39.1. The third kappa shape index (κ3) is 14.9. The maximum absolute atomic E-state index is 14.3. The van der Waals surface area contributed by atoms with Crippen LogP contribution in [0.3, 0.4) is 0 Å². The van der Waals surface area contributed by atoms with Crippen molar-refractivity contribution in [2.24, 2.45) is 22.9 Å². The fourth-order valence-electron chi connectivity index (χ4n) is 10.6. The molecular weight excluding hydrogens is 905 g/mol. The van der Waals surface area contributed by atoms with Gasteiger partial charge in [-0.15, -0.1) is 6.58 Å². The molecule has 71 heavy (non-hydrogen) atoms. The van der Waals surface area contributed by atoms with E-state index in [4.69, 9.17) is 28.9 Å². The fourth-order valence-corrected chi connectivity index (χ4v) is 10.6. The van der Waals surface area contributed by atoms with Crippen LogP contribution in [0.25, 0.3) is 0 Å². The zero-order valence-electron chi connectivity index (χ0n) is 41.9. The molecule has 0 saturated heterocycles. The molecule has 1 heterocycles. The van der Waals surface area contributed by atoms with E-state index in [1.54, 1.807) is 37.4 Å². The molecule has 0 radical (unpaired) electrons. The molecule has 3 aromatic carbocycles. The normalized spacial score (nSPS) is 21.5. The highest BCUT2D eigenvalue weighted by Crippen LogP contribution is 2.62. The van der Waals surface area contributed by atoms with Crippen molar-refractivity contribution in [1.82, 2.24) is 10.2 Å². The monoisotopic (exact) mass is 981 g/mol. The van der Waals surface area contributed by atoms with Gasteiger partial charge in [0.2, 0.25) is 5.79 Å². The number of unbranched alkanes of at least 4 members (excludes halogenated alkanes) is 11. The molecule has 3 N–H and O–H groups in total. The van der Waals surface area contributed by atoms with E-state index in [1.165, 1.54) is 62.0 Å². The number of hydrogen-bond donors (Lipinski definition) is 3. The number of carbonyl (C=O) groups excluding carboxylic acids is 2. The number of carbonyl (C=O) groups is 2. The lowest BCUT2D eigenvalue weighted by Crippen LogP contribution is -2.69. The first-order valence-corrected chi connectivity index (χ1v) is 26.0. The van der Waals surface area contributed by atoms with Crippen molar-refractivity contribution in [2.45, 2.75) is 147 Å². The minimum Gasteiger partial charge on any atom is -0.459 e. The molecular formula is C56H76N4O11. The number of hydrogen-bond acceptors (Lipinski definition) is 12. The molecule has 0 aromatic heterocycles. The van der Waals surface area contributed by atoms with Crippen molar-refractivity contribution < 1.29 is 48.5 Å². The Morgan fingerprint density at radius 1 is 0.887 bits per heavy atom. The Hall–Kier alpha value is -5.77. The van der Waals surface area contributed by atoms with Crippen molar-refractivity contribution in [3.05, 3.63) is 124 Å². The third-order valence-electron chi connectivity index (χ3n) is 14.2. The quantitative estimate of drug-likeness (QED) is 0.0249. The van der Waals surface area contributed by atoms with Gasteiger partial charge in [0, 0.05) is 56.8 Å². The largest absolute Gasteiger partial charge is 0.459 e. The molecule has 2 amide bonds. The predicted octanol–water partition coefficient (Wildman–Crippen LogP) is 11.7. The van der Waals surface area contributed by atoms with Crippen LogP contribution in [0, 0.1) is 27.9 Å². The zero-order valence-corrected chi connectivity index (χ0v) is 41.9. The average molecular weight is 981 g/mol. The van der Waals surface area contributed by atoms with Crippen LogP contribution in [0.15, 0.2) is 102 Å². The van der Waals surface area contributed by atoms with E-state index in [1.807, 2.05) is 36.4 Å². The molecule has 2 aliphatic carbocycles. The first-order chi connectivity index (χ1) is 34.6. The minimum absolute atomic E-state index is 0.0194. The standard InChI is InChI=1S/C56H76N4O11/c1-4-6-7-8-9-10-11-12-13-19-32-57-54(63)70-45-30-31-50-48(37-45)52-46(25-18-21-34-62)43(24-17-20-33-61)36-47-49(58-69-40-42-26-28-44(29-27-42)60(65)66)38-51(56(71-50,53(47)52)68-35-5-2)59(3)55(64)67-39-41-22-15-14-16-23-41/h5,14-16,22-23,26-31,36-37,43,46,51-53,61-62H,2,4,6-13,17-21,24-25,32-35,38-40H2,1,3H3,(H,57,63)/t43-,46+,51-,52+,53+,56+/m0/s1. The van der Waals surface area contributed by atoms with E-state index in [0.717, 1.165) is 61.6 Å². The van der Waals surface area contributed by atoms with Gasteiger partial charge >= 0.3 is 12.2 Å². The number of aliphatic hydroxyl groups is 2. The van der Waals surface area contributed by atoms with Crippen molar-refractivity contribution in [3.63, 3.8) is 0 Å². The number of ether oxygens (including phenoxy) is 4. The fraction of sp³-hybridized carbons (Fsp3) is 0.554. The van der Waals surface area contributed by atoms with E-state index < -0.39 is 34.9 Å². The highest BCUT2D eigenvalue weighted by atomic mass is 16.7. The predicted molar refractivity (Wildman–Crippen MR) is 273 cm³/mol. The Morgan fingerprint density at radius 2 is 1.56 bits per heavy atom. The molecule has 0 bridgehead atoms. The van der Waals surface area contributed by atoms with Gasteiger partial charge in [0.05, 0.1) is 23.2 Å². The number of rotatable bonds is 30. The number of fused-ring (bicyclic) bond motifs is 2. The summed E-state index contributed by atoms with van der Waals surface area (Å²) in [4.78, 5) is 46.2.